The Bertz CT molecular complexity index is 243. The molecule has 1 rings (SSSR count). The lowest BCUT2D eigenvalue weighted by Gasteiger charge is -1.93. The Morgan fingerprint density at radius 1 is 1.00 bits per heavy atom. The van der Waals surface area contributed by atoms with Gasteiger partial charge in [0.1, 0.15) is 6.29 Å². The van der Waals surface area contributed by atoms with E-state index in [0.29, 0.717) is 0 Å². The van der Waals surface area contributed by atoms with Gasteiger partial charge in [-0.15, -0.1) is 0 Å². The van der Waals surface area contributed by atoms with Crippen molar-refractivity contribution in [3.05, 3.63) is 35.4 Å². The van der Waals surface area contributed by atoms with Crippen LogP contribution in [0.3, 0.4) is 0 Å². The molecule has 1 nitrogen and oxygen atoms in total. The molecule has 0 unspecified atom stereocenters. The predicted molar refractivity (Wildman–Crippen MR) is 84.1 cm³/mol. The van der Waals surface area contributed by atoms with E-state index in [2.05, 4.69) is 52.0 Å². The van der Waals surface area contributed by atoms with Crippen LogP contribution in [0, 0.1) is 19.8 Å². The summed E-state index contributed by atoms with van der Waals surface area (Å²) in [5.41, 5.74) is 2.74. The Balaban J connectivity index is -0.000000196. The van der Waals surface area contributed by atoms with Crippen LogP contribution in [0.2, 0.25) is 0 Å². The van der Waals surface area contributed by atoms with Gasteiger partial charge in [0.25, 0.3) is 0 Å². The Morgan fingerprint density at radius 2 is 1.22 bits per heavy atom. The fraction of sp³-hybridized carbons (Fsp3) is 0.588. The van der Waals surface area contributed by atoms with Crippen molar-refractivity contribution in [2.24, 2.45) is 5.92 Å². The Kier molecular flexibility index (Phi) is 22.4. The highest BCUT2D eigenvalue weighted by Gasteiger charge is 1.83. The third kappa shape index (κ3) is 20.3. The summed E-state index contributed by atoms with van der Waals surface area (Å²) in [6.45, 7) is 16.2. The first-order valence-electron chi connectivity index (χ1n) is 6.97. The van der Waals surface area contributed by atoms with Crippen molar-refractivity contribution in [2.45, 2.75) is 61.8 Å². The van der Waals surface area contributed by atoms with E-state index in [-0.39, 0.29) is 5.92 Å². The second-order valence-electron chi connectivity index (χ2n) is 4.17. The molecule has 0 atom stereocenters. The molecule has 18 heavy (non-hydrogen) atoms. The van der Waals surface area contributed by atoms with Crippen LogP contribution in [0.15, 0.2) is 24.3 Å². The molecule has 0 spiro atoms. The quantitative estimate of drug-likeness (QED) is 0.596. The molecule has 0 radical (unpaired) electrons. The van der Waals surface area contributed by atoms with E-state index in [1.165, 1.54) is 17.5 Å². The zero-order valence-electron chi connectivity index (χ0n) is 13.6. The molecule has 0 aliphatic heterocycles. The van der Waals surface area contributed by atoms with Gasteiger partial charge in [-0.1, -0.05) is 72.2 Å². The number of carbonyl (C=O) groups excluding carboxylic acids is 1. The maximum Gasteiger partial charge on any atom is 0.122 e. The first-order chi connectivity index (χ1) is 8.49. The van der Waals surface area contributed by atoms with Gasteiger partial charge in [-0.25, -0.2) is 0 Å². The van der Waals surface area contributed by atoms with Gasteiger partial charge in [0.05, 0.1) is 0 Å². The van der Waals surface area contributed by atoms with E-state index in [1.54, 1.807) is 0 Å². The molecule has 1 aromatic carbocycles. The molecule has 0 aromatic heterocycles. The molecule has 0 amide bonds. The van der Waals surface area contributed by atoms with Gasteiger partial charge < -0.3 is 4.79 Å². The van der Waals surface area contributed by atoms with Gasteiger partial charge in [-0.3, -0.25) is 0 Å². The van der Waals surface area contributed by atoms with Gasteiger partial charge in [-0.05, 0) is 25.0 Å². The maximum atomic E-state index is 9.50. The third-order valence-corrected chi connectivity index (χ3v) is 1.70. The minimum atomic E-state index is 0.204. The van der Waals surface area contributed by atoms with Crippen molar-refractivity contribution in [1.29, 1.82) is 0 Å². The van der Waals surface area contributed by atoms with Crippen molar-refractivity contribution in [2.75, 3.05) is 0 Å². The van der Waals surface area contributed by atoms with Crippen LogP contribution in [0.4, 0.5) is 0 Å². The maximum absolute atomic E-state index is 9.50. The Labute approximate surface area is 115 Å². The predicted octanol–water partition coefficient (Wildman–Crippen LogP) is 5.59. The molecule has 0 heterocycles. The van der Waals surface area contributed by atoms with Crippen molar-refractivity contribution < 1.29 is 4.79 Å². The standard InChI is InChI=1S/C8H10.C4H8O.C3H8.C2H6/c1-7-5-3-4-6-8(7)2;1-4(2)3-5;1-3-2;1-2/h3-6H,1-2H3;3-4H,1-2H3;3H2,1-2H3;1-2H3. The van der Waals surface area contributed by atoms with Crippen molar-refractivity contribution >= 4 is 6.29 Å². The number of carbonyl (C=O) groups is 1. The summed E-state index contributed by atoms with van der Waals surface area (Å²) in [7, 11) is 0. The molecule has 1 heteroatoms. The van der Waals surface area contributed by atoms with E-state index in [9.17, 15) is 4.79 Å². The Hall–Kier alpha value is -1.11. The summed E-state index contributed by atoms with van der Waals surface area (Å²) in [4.78, 5) is 9.50. The average Bonchev–Trinajstić information content (AvgIpc) is 2.37. The molecule has 0 fully saturated rings. The number of hydrogen-bond donors (Lipinski definition) is 0. The van der Waals surface area contributed by atoms with Crippen molar-refractivity contribution in [3.8, 4) is 0 Å². The second-order valence-corrected chi connectivity index (χ2v) is 4.17. The van der Waals surface area contributed by atoms with Gasteiger partial charge in [0.15, 0.2) is 0 Å². The fourth-order valence-corrected chi connectivity index (χ4v) is 0.663. The number of hydrogen-bond acceptors (Lipinski definition) is 1. The number of benzene rings is 1. The van der Waals surface area contributed by atoms with E-state index in [1.807, 2.05) is 27.7 Å². The molecule has 0 N–H and O–H groups in total. The van der Waals surface area contributed by atoms with Crippen molar-refractivity contribution in [3.63, 3.8) is 0 Å². The summed E-state index contributed by atoms with van der Waals surface area (Å²) in [5.74, 6) is 0.204. The zero-order chi connectivity index (χ0) is 15.0. The van der Waals surface area contributed by atoms with E-state index < -0.39 is 0 Å². The molecule has 1 aromatic rings. The van der Waals surface area contributed by atoms with Crippen LogP contribution in [0.1, 0.15) is 59.1 Å². The molecule has 0 saturated heterocycles. The molecule has 0 saturated carbocycles. The smallest absolute Gasteiger partial charge is 0.122 e. The monoisotopic (exact) mass is 252 g/mol. The minimum Gasteiger partial charge on any atom is -0.303 e. The van der Waals surface area contributed by atoms with Crippen LogP contribution < -0.4 is 0 Å². The summed E-state index contributed by atoms with van der Waals surface area (Å²) >= 11 is 0. The van der Waals surface area contributed by atoms with E-state index in [4.69, 9.17) is 0 Å². The van der Waals surface area contributed by atoms with Gasteiger partial charge in [-0.2, -0.15) is 0 Å². The van der Waals surface area contributed by atoms with Crippen molar-refractivity contribution in [1.82, 2.24) is 0 Å². The molecule has 0 aliphatic carbocycles. The lowest BCUT2D eigenvalue weighted by molar-refractivity contribution is -0.110. The average molecular weight is 252 g/mol. The number of aryl methyl sites for hydroxylation is 2. The summed E-state index contributed by atoms with van der Waals surface area (Å²) < 4.78 is 0. The molecule has 0 aliphatic rings. The minimum absolute atomic E-state index is 0.204. The van der Waals surface area contributed by atoms with Gasteiger partial charge >= 0.3 is 0 Å². The lowest BCUT2D eigenvalue weighted by atomic mass is 10.1. The normalized spacial score (nSPS) is 7.83. The van der Waals surface area contributed by atoms with E-state index >= 15 is 0 Å². The molecule has 0 bridgehead atoms. The van der Waals surface area contributed by atoms with Crippen LogP contribution in [0.25, 0.3) is 0 Å². The number of rotatable bonds is 1. The summed E-state index contributed by atoms with van der Waals surface area (Å²) in [6.07, 6.45) is 2.17. The molecular formula is C17H32O. The first-order valence-corrected chi connectivity index (χ1v) is 6.97. The van der Waals surface area contributed by atoms with E-state index in [0.717, 1.165) is 6.29 Å². The summed E-state index contributed by atoms with van der Waals surface area (Å²) in [5, 5.41) is 0. The van der Waals surface area contributed by atoms with Crippen LogP contribution >= 0.6 is 0 Å². The fourth-order valence-electron chi connectivity index (χ4n) is 0.663. The van der Waals surface area contributed by atoms with Gasteiger partial charge in [0, 0.05) is 5.92 Å². The highest BCUT2D eigenvalue weighted by Crippen LogP contribution is 2.02. The van der Waals surface area contributed by atoms with Crippen LogP contribution in [0.5, 0.6) is 0 Å². The summed E-state index contributed by atoms with van der Waals surface area (Å²) in [6, 6.07) is 8.36. The van der Waals surface area contributed by atoms with Gasteiger partial charge in [0.2, 0.25) is 0 Å². The highest BCUT2D eigenvalue weighted by molar-refractivity contribution is 5.51. The highest BCUT2D eigenvalue weighted by atomic mass is 16.1. The molecular weight excluding hydrogens is 220 g/mol. The lowest BCUT2D eigenvalue weighted by Crippen LogP contribution is -1.82. The topological polar surface area (TPSA) is 17.1 Å². The second kappa shape index (κ2) is 18.3. The third-order valence-electron chi connectivity index (χ3n) is 1.70. The first kappa shape index (κ1) is 22.1. The zero-order valence-corrected chi connectivity index (χ0v) is 13.6. The molecule has 106 valence electrons. The SMILES string of the molecule is CC.CC(C)C=O.CCC.Cc1ccccc1C. The van der Waals surface area contributed by atoms with Crippen LogP contribution in [-0.2, 0) is 4.79 Å². The largest absolute Gasteiger partial charge is 0.303 e. The van der Waals surface area contributed by atoms with Crippen LogP contribution in [-0.4, -0.2) is 6.29 Å². The Morgan fingerprint density at radius 3 is 1.33 bits per heavy atom. The number of aldehydes is 1.